The second kappa shape index (κ2) is 8.11. The maximum Gasteiger partial charge on any atom is 0.265 e. The predicted molar refractivity (Wildman–Crippen MR) is 118 cm³/mol. The average Bonchev–Trinajstić information content (AvgIpc) is 3.10. The van der Waals surface area contributed by atoms with Crippen LogP contribution in [0.2, 0.25) is 5.02 Å². The van der Waals surface area contributed by atoms with Gasteiger partial charge in [-0.1, -0.05) is 41.9 Å². The lowest BCUT2D eigenvalue weighted by Gasteiger charge is -2.33. The number of piperazine rings is 1. The van der Waals surface area contributed by atoms with Gasteiger partial charge in [-0.15, -0.1) is 11.3 Å². The van der Waals surface area contributed by atoms with Crippen molar-refractivity contribution in [2.75, 3.05) is 26.2 Å². The number of hydrogen-bond donors (Lipinski definition) is 0. The molecular weight excluding hydrogens is 444 g/mol. The van der Waals surface area contributed by atoms with Crippen molar-refractivity contribution in [3.63, 3.8) is 0 Å². The van der Waals surface area contributed by atoms with Crippen LogP contribution in [0.4, 0.5) is 0 Å². The van der Waals surface area contributed by atoms with Gasteiger partial charge in [0.05, 0.1) is 9.92 Å². The minimum Gasteiger partial charge on any atom is -0.335 e. The summed E-state index contributed by atoms with van der Waals surface area (Å²) in [6, 6.07) is 13.5. The fraction of sp³-hybridized carbons (Fsp3) is 0.238. The highest BCUT2D eigenvalue weighted by Gasteiger charge is 2.31. The number of carbonyl (C=O) groups is 2. The van der Waals surface area contributed by atoms with Crippen LogP contribution in [-0.4, -0.2) is 55.5 Å². The van der Waals surface area contributed by atoms with Gasteiger partial charge in [0.25, 0.3) is 5.91 Å². The molecule has 1 aliphatic rings. The Balaban J connectivity index is 1.48. The summed E-state index contributed by atoms with van der Waals surface area (Å²) in [7, 11) is -3.69. The zero-order valence-corrected chi connectivity index (χ0v) is 18.6. The smallest absolute Gasteiger partial charge is 0.265 e. The molecule has 1 aromatic heterocycles. The van der Waals surface area contributed by atoms with E-state index in [1.165, 1.54) is 46.8 Å². The molecule has 0 bridgehead atoms. The van der Waals surface area contributed by atoms with Crippen LogP contribution < -0.4 is 0 Å². The molecule has 0 saturated carbocycles. The van der Waals surface area contributed by atoms with Crippen molar-refractivity contribution in [1.82, 2.24) is 9.21 Å². The lowest BCUT2D eigenvalue weighted by atomic mass is 10.2. The molecule has 1 fully saturated rings. The summed E-state index contributed by atoms with van der Waals surface area (Å²) >= 11 is 7.77. The number of ketones is 1. The van der Waals surface area contributed by atoms with Gasteiger partial charge in [-0.25, -0.2) is 8.42 Å². The third kappa shape index (κ3) is 3.76. The van der Waals surface area contributed by atoms with Crippen molar-refractivity contribution in [3.8, 4) is 0 Å². The first kappa shape index (κ1) is 21.0. The van der Waals surface area contributed by atoms with E-state index in [2.05, 4.69) is 0 Å². The van der Waals surface area contributed by atoms with Crippen LogP contribution in [0.5, 0.6) is 0 Å². The highest BCUT2D eigenvalue weighted by atomic mass is 35.5. The number of sulfonamides is 1. The molecule has 0 unspecified atom stereocenters. The number of rotatable bonds is 4. The Kier molecular flexibility index (Phi) is 5.67. The van der Waals surface area contributed by atoms with Crippen molar-refractivity contribution in [2.45, 2.75) is 11.8 Å². The number of amides is 1. The second-order valence-corrected chi connectivity index (χ2v) is 10.4. The molecule has 0 aliphatic carbocycles. The van der Waals surface area contributed by atoms with E-state index in [0.717, 1.165) is 10.1 Å². The molecule has 156 valence electrons. The molecule has 0 spiro atoms. The SMILES string of the molecule is CC(=O)c1ccc(S(=O)(=O)N2CCN(C(=O)c3sc4ccccc4c3Cl)CC2)cc1. The van der Waals surface area contributed by atoms with E-state index >= 15 is 0 Å². The molecule has 0 atom stereocenters. The topological polar surface area (TPSA) is 74.8 Å². The maximum absolute atomic E-state index is 13.0. The Hall–Kier alpha value is -2.26. The van der Waals surface area contributed by atoms with Gasteiger partial charge in [0.1, 0.15) is 4.88 Å². The summed E-state index contributed by atoms with van der Waals surface area (Å²) in [6.07, 6.45) is 0. The molecule has 2 aromatic carbocycles. The fourth-order valence-electron chi connectivity index (χ4n) is 3.44. The summed E-state index contributed by atoms with van der Waals surface area (Å²) in [4.78, 5) is 26.6. The second-order valence-electron chi connectivity index (χ2n) is 7.02. The number of Topliss-reactive ketones (excluding diaryl/α,β-unsaturated/α-hetero) is 1. The monoisotopic (exact) mass is 462 g/mol. The van der Waals surface area contributed by atoms with E-state index < -0.39 is 10.0 Å². The quantitative estimate of drug-likeness (QED) is 0.551. The molecule has 0 radical (unpaired) electrons. The molecule has 0 N–H and O–H groups in total. The first-order valence-corrected chi connectivity index (χ1v) is 12.0. The Morgan fingerprint density at radius 1 is 0.967 bits per heavy atom. The fourth-order valence-corrected chi connectivity index (χ4v) is 6.34. The number of carbonyl (C=O) groups excluding carboxylic acids is 2. The highest BCUT2D eigenvalue weighted by molar-refractivity contribution is 7.89. The van der Waals surface area contributed by atoms with Crippen molar-refractivity contribution >= 4 is 54.7 Å². The first-order valence-electron chi connectivity index (χ1n) is 9.36. The van der Waals surface area contributed by atoms with Crippen LogP contribution in [0, 0.1) is 0 Å². The van der Waals surface area contributed by atoms with Crippen molar-refractivity contribution in [2.24, 2.45) is 0 Å². The Morgan fingerprint density at radius 2 is 1.60 bits per heavy atom. The van der Waals surface area contributed by atoms with Gasteiger partial charge in [0.2, 0.25) is 10.0 Å². The van der Waals surface area contributed by atoms with Crippen LogP contribution >= 0.6 is 22.9 Å². The zero-order chi connectivity index (χ0) is 21.5. The third-order valence-electron chi connectivity index (χ3n) is 5.15. The number of fused-ring (bicyclic) bond motifs is 1. The summed E-state index contributed by atoms with van der Waals surface area (Å²) in [5.41, 5.74) is 0.463. The average molecular weight is 463 g/mol. The third-order valence-corrected chi connectivity index (χ3v) is 8.73. The number of hydrogen-bond acceptors (Lipinski definition) is 5. The van der Waals surface area contributed by atoms with E-state index in [4.69, 9.17) is 11.6 Å². The Morgan fingerprint density at radius 3 is 2.20 bits per heavy atom. The van der Waals surface area contributed by atoms with Gasteiger partial charge in [-0.05, 0) is 25.1 Å². The largest absolute Gasteiger partial charge is 0.335 e. The van der Waals surface area contributed by atoms with Gasteiger partial charge in [0.15, 0.2) is 5.78 Å². The molecule has 1 amide bonds. The van der Waals surface area contributed by atoms with Crippen molar-refractivity contribution in [3.05, 3.63) is 64.0 Å². The predicted octanol–water partition coefficient (Wildman–Crippen LogP) is 3.90. The molecule has 2 heterocycles. The maximum atomic E-state index is 13.0. The van der Waals surface area contributed by atoms with E-state index in [-0.39, 0.29) is 42.8 Å². The summed E-state index contributed by atoms with van der Waals surface area (Å²) in [5, 5.41) is 1.30. The first-order chi connectivity index (χ1) is 14.3. The number of benzene rings is 2. The summed E-state index contributed by atoms with van der Waals surface area (Å²) < 4.78 is 28.1. The van der Waals surface area contributed by atoms with E-state index in [1.807, 2.05) is 24.3 Å². The Bertz CT molecular complexity index is 1230. The zero-order valence-electron chi connectivity index (χ0n) is 16.2. The van der Waals surface area contributed by atoms with E-state index in [0.29, 0.717) is 15.5 Å². The van der Waals surface area contributed by atoms with Gasteiger partial charge in [-0.2, -0.15) is 4.31 Å². The van der Waals surface area contributed by atoms with Crippen molar-refractivity contribution in [1.29, 1.82) is 0 Å². The van der Waals surface area contributed by atoms with Crippen LogP contribution in [0.3, 0.4) is 0 Å². The van der Waals surface area contributed by atoms with Crippen LogP contribution in [0.1, 0.15) is 27.0 Å². The van der Waals surface area contributed by atoms with Gasteiger partial charge < -0.3 is 4.90 Å². The minimum atomic E-state index is -3.69. The molecule has 4 rings (SSSR count). The molecule has 30 heavy (non-hydrogen) atoms. The summed E-state index contributed by atoms with van der Waals surface area (Å²) in [6.45, 7) is 2.40. The number of halogens is 1. The van der Waals surface area contributed by atoms with Crippen molar-refractivity contribution < 1.29 is 18.0 Å². The van der Waals surface area contributed by atoms with Crippen LogP contribution in [-0.2, 0) is 10.0 Å². The van der Waals surface area contributed by atoms with E-state index in [9.17, 15) is 18.0 Å². The van der Waals surface area contributed by atoms with Gasteiger partial charge >= 0.3 is 0 Å². The van der Waals surface area contributed by atoms with E-state index in [1.54, 1.807) is 4.90 Å². The van der Waals surface area contributed by atoms with Gasteiger partial charge in [-0.3, -0.25) is 9.59 Å². The number of thiophene rings is 1. The van der Waals surface area contributed by atoms with Crippen LogP contribution in [0.15, 0.2) is 53.4 Å². The Labute approximate surface area is 183 Å². The van der Waals surface area contributed by atoms with Gasteiger partial charge in [0, 0.05) is 41.8 Å². The standard InChI is InChI=1S/C21H19ClN2O4S2/c1-14(25)15-6-8-16(9-7-15)30(27,28)24-12-10-23(11-13-24)21(26)20-19(22)17-4-2-3-5-18(17)29-20/h2-9H,10-13H2,1H3. The highest BCUT2D eigenvalue weighted by Crippen LogP contribution is 2.36. The van der Waals surface area contributed by atoms with Crippen LogP contribution in [0.25, 0.3) is 10.1 Å². The summed E-state index contributed by atoms with van der Waals surface area (Å²) in [5.74, 6) is -0.296. The lowest BCUT2D eigenvalue weighted by molar-refractivity contribution is 0.0703. The normalized spacial score (nSPS) is 15.5. The lowest BCUT2D eigenvalue weighted by Crippen LogP contribution is -2.50. The molecule has 3 aromatic rings. The minimum absolute atomic E-state index is 0.119. The molecule has 6 nitrogen and oxygen atoms in total. The molecule has 1 aliphatic heterocycles. The number of nitrogens with zero attached hydrogens (tertiary/aromatic N) is 2. The molecule has 9 heteroatoms. The molecule has 1 saturated heterocycles. The molecular formula is C21H19ClN2O4S2.